The monoisotopic (exact) mass is 188 g/mol. The molecule has 0 aliphatic rings. The molecule has 0 heterocycles. The van der Waals surface area contributed by atoms with Gasteiger partial charge in [0.05, 0.1) is 18.6 Å². The van der Waals surface area contributed by atoms with Gasteiger partial charge < -0.3 is 9.47 Å². The fourth-order valence-electron chi connectivity index (χ4n) is 1.36. The quantitative estimate of drug-likeness (QED) is 0.598. The summed E-state index contributed by atoms with van der Waals surface area (Å²) < 4.78 is 10.1. The zero-order valence-corrected chi connectivity index (χ0v) is 9.05. The lowest BCUT2D eigenvalue weighted by molar-refractivity contribution is -0.159. The maximum atomic E-state index is 11.6. The molecule has 0 unspecified atom stereocenters. The van der Waals surface area contributed by atoms with Crippen molar-refractivity contribution in [3.63, 3.8) is 0 Å². The first-order chi connectivity index (χ1) is 6.16. The minimum atomic E-state index is -0.440. The van der Waals surface area contributed by atoms with E-state index in [0.29, 0.717) is 13.2 Å². The first-order valence-electron chi connectivity index (χ1n) is 4.83. The molecule has 0 radical (unpaired) electrons. The van der Waals surface area contributed by atoms with Crippen molar-refractivity contribution in [1.29, 1.82) is 0 Å². The van der Waals surface area contributed by atoms with E-state index < -0.39 is 5.41 Å². The molecule has 0 aromatic heterocycles. The smallest absolute Gasteiger partial charge is 0.314 e. The molecule has 0 fully saturated rings. The Hall–Kier alpha value is -0.570. The van der Waals surface area contributed by atoms with Gasteiger partial charge in [-0.05, 0) is 19.8 Å². The standard InChI is InChI=1S/C10H20O3/c1-5-10(6-2,8-12-4)9(11)13-7-3/h5-8H2,1-4H3. The van der Waals surface area contributed by atoms with E-state index in [1.54, 1.807) is 7.11 Å². The average Bonchev–Trinajstić information content (AvgIpc) is 2.14. The number of carbonyl (C=O) groups is 1. The van der Waals surface area contributed by atoms with Crippen molar-refractivity contribution >= 4 is 5.97 Å². The van der Waals surface area contributed by atoms with Gasteiger partial charge in [-0.3, -0.25) is 4.79 Å². The van der Waals surface area contributed by atoms with E-state index >= 15 is 0 Å². The molecule has 0 atom stereocenters. The summed E-state index contributed by atoms with van der Waals surface area (Å²) >= 11 is 0. The largest absolute Gasteiger partial charge is 0.465 e. The van der Waals surface area contributed by atoms with Crippen molar-refractivity contribution in [2.75, 3.05) is 20.3 Å². The van der Waals surface area contributed by atoms with E-state index in [2.05, 4.69) is 0 Å². The van der Waals surface area contributed by atoms with Crippen molar-refractivity contribution < 1.29 is 14.3 Å². The number of methoxy groups -OCH3 is 1. The predicted octanol–water partition coefficient (Wildman–Crippen LogP) is 2.00. The average molecular weight is 188 g/mol. The summed E-state index contributed by atoms with van der Waals surface area (Å²) in [5.41, 5.74) is -0.440. The maximum absolute atomic E-state index is 11.6. The van der Waals surface area contributed by atoms with Crippen LogP contribution in [0, 0.1) is 5.41 Å². The first kappa shape index (κ1) is 12.4. The molecule has 0 aromatic rings. The number of ether oxygens (including phenoxy) is 2. The fourth-order valence-corrected chi connectivity index (χ4v) is 1.36. The van der Waals surface area contributed by atoms with Crippen molar-refractivity contribution in [3.05, 3.63) is 0 Å². The first-order valence-corrected chi connectivity index (χ1v) is 4.83. The van der Waals surface area contributed by atoms with Gasteiger partial charge in [0, 0.05) is 7.11 Å². The molecule has 0 bridgehead atoms. The summed E-state index contributed by atoms with van der Waals surface area (Å²) in [6.07, 6.45) is 1.52. The molecular weight excluding hydrogens is 168 g/mol. The molecule has 0 aromatic carbocycles. The fraction of sp³-hybridized carbons (Fsp3) is 0.900. The molecule has 0 aliphatic heterocycles. The summed E-state index contributed by atoms with van der Waals surface area (Å²) in [4.78, 5) is 11.6. The van der Waals surface area contributed by atoms with Gasteiger partial charge in [0.2, 0.25) is 0 Å². The van der Waals surface area contributed by atoms with Gasteiger partial charge in [0.1, 0.15) is 0 Å². The number of carbonyl (C=O) groups excluding carboxylic acids is 1. The highest BCUT2D eigenvalue weighted by Gasteiger charge is 2.36. The normalized spacial score (nSPS) is 11.4. The molecule has 3 nitrogen and oxygen atoms in total. The van der Waals surface area contributed by atoms with E-state index in [9.17, 15) is 4.79 Å². The number of hydrogen-bond acceptors (Lipinski definition) is 3. The minimum absolute atomic E-state index is 0.137. The van der Waals surface area contributed by atoms with Gasteiger partial charge in [-0.15, -0.1) is 0 Å². The molecule has 0 aliphatic carbocycles. The lowest BCUT2D eigenvalue weighted by Gasteiger charge is -2.27. The van der Waals surface area contributed by atoms with E-state index in [4.69, 9.17) is 9.47 Å². The third-order valence-electron chi connectivity index (χ3n) is 2.48. The molecule has 3 heteroatoms. The Morgan fingerprint density at radius 3 is 2.08 bits per heavy atom. The Morgan fingerprint density at radius 2 is 1.77 bits per heavy atom. The van der Waals surface area contributed by atoms with Gasteiger partial charge in [-0.1, -0.05) is 13.8 Å². The van der Waals surface area contributed by atoms with Crippen LogP contribution in [0.25, 0.3) is 0 Å². The highest BCUT2D eigenvalue weighted by atomic mass is 16.5. The molecule has 0 saturated carbocycles. The SMILES string of the molecule is CCOC(=O)C(CC)(CC)COC. The zero-order valence-electron chi connectivity index (χ0n) is 9.05. The predicted molar refractivity (Wildman–Crippen MR) is 51.5 cm³/mol. The van der Waals surface area contributed by atoms with Crippen molar-refractivity contribution in [2.45, 2.75) is 33.6 Å². The maximum Gasteiger partial charge on any atom is 0.314 e. The highest BCUT2D eigenvalue weighted by Crippen LogP contribution is 2.28. The minimum Gasteiger partial charge on any atom is -0.465 e. The van der Waals surface area contributed by atoms with E-state index in [1.165, 1.54) is 0 Å². The molecule has 0 N–H and O–H groups in total. The van der Waals surface area contributed by atoms with Crippen LogP contribution in [-0.2, 0) is 14.3 Å². The van der Waals surface area contributed by atoms with Crippen LogP contribution in [0.1, 0.15) is 33.6 Å². The Kier molecular flexibility index (Phi) is 5.71. The van der Waals surface area contributed by atoms with Crippen LogP contribution in [0.3, 0.4) is 0 Å². The van der Waals surface area contributed by atoms with Crippen LogP contribution in [0.5, 0.6) is 0 Å². The third-order valence-corrected chi connectivity index (χ3v) is 2.48. The zero-order chi connectivity index (χ0) is 10.3. The number of esters is 1. The van der Waals surface area contributed by atoms with E-state index in [0.717, 1.165) is 12.8 Å². The van der Waals surface area contributed by atoms with Crippen LogP contribution in [0.2, 0.25) is 0 Å². The van der Waals surface area contributed by atoms with Crippen LogP contribution in [0.4, 0.5) is 0 Å². The van der Waals surface area contributed by atoms with Gasteiger partial charge in [0.15, 0.2) is 0 Å². The van der Waals surface area contributed by atoms with Crippen molar-refractivity contribution in [3.8, 4) is 0 Å². The second-order valence-corrected chi connectivity index (χ2v) is 3.14. The molecule has 0 rings (SSSR count). The summed E-state index contributed by atoms with van der Waals surface area (Å²) in [6, 6.07) is 0. The van der Waals surface area contributed by atoms with Crippen LogP contribution < -0.4 is 0 Å². The van der Waals surface area contributed by atoms with Crippen molar-refractivity contribution in [1.82, 2.24) is 0 Å². The summed E-state index contributed by atoms with van der Waals surface area (Å²) in [5.74, 6) is -0.137. The Bertz CT molecular complexity index is 150. The van der Waals surface area contributed by atoms with E-state index in [1.807, 2.05) is 20.8 Å². The molecule has 13 heavy (non-hydrogen) atoms. The third kappa shape index (κ3) is 2.99. The summed E-state index contributed by atoms with van der Waals surface area (Å²) in [5, 5.41) is 0. The summed E-state index contributed by atoms with van der Waals surface area (Å²) in [7, 11) is 1.61. The van der Waals surface area contributed by atoms with Crippen molar-refractivity contribution in [2.24, 2.45) is 5.41 Å². The van der Waals surface area contributed by atoms with E-state index in [-0.39, 0.29) is 5.97 Å². The second-order valence-electron chi connectivity index (χ2n) is 3.14. The lowest BCUT2D eigenvalue weighted by Crippen LogP contribution is -2.36. The Balaban J connectivity index is 4.43. The second kappa shape index (κ2) is 5.97. The van der Waals surface area contributed by atoms with Gasteiger partial charge in [-0.25, -0.2) is 0 Å². The van der Waals surface area contributed by atoms with Crippen LogP contribution >= 0.6 is 0 Å². The lowest BCUT2D eigenvalue weighted by atomic mass is 9.83. The number of hydrogen-bond donors (Lipinski definition) is 0. The van der Waals surface area contributed by atoms with Crippen LogP contribution in [0.15, 0.2) is 0 Å². The highest BCUT2D eigenvalue weighted by molar-refractivity contribution is 5.76. The molecular formula is C10H20O3. The van der Waals surface area contributed by atoms with Gasteiger partial charge >= 0.3 is 5.97 Å². The van der Waals surface area contributed by atoms with Gasteiger partial charge in [0.25, 0.3) is 0 Å². The molecule has 78 valence electrons. The van der Waals surface area contributed by atoms with Gasteiger partial charge in [-0.2, -0.15) is 0 Å². The topological polar surface area (TPSA) is 35.5 Å². The molecule has 0 saturated heterocycles. The molecule has 0 amide bonds. The summed E-state index contributed by atoms with van der Waals surface area (Å²) in [6.45, 7) is 6.67. The Morgan fingerprint density at radius 1 is 1.23 bits per heavy atom. The number of rotatable bonds is 6. The Labute approximate surface area is 80.4 Å². The van der Waals surface area contributed by atoms with Crippen LogP contribution in [-0.4, -0.2) is 26.3 Å². The molecule has 0 spiro atoms.